The van der Waals surface area contributed by atoms with Crippen LogP contribution < -0.4 is 10.6 Å². The van der Waals surface area contributed by atoms with E-state index in [0.717, 1.165) is 6.42 Å². The van der Waals surface area contributed by atoms with Crippen molar-refractivity contribution in [2.45, 2.75) is 31.1 Å². The molecule has 1 aliphatic heterocycles. The number of hydrogen-bond donors (Lipinski definition) is 3. The number of hydrogen-bond acceptors (Lipinski definition) is 5. The minimum Gasteiger partial charge on any atom is -0.476 e. The summed E-state index contributed by atoms with van der Waals surface area (Å²) >= 11 is 3.14. The number of carbonyl (C=O) groups is 2. The second-order valence-electron chi connectivity index (χ2n) is 4.48. The van der Waals surface area contributed by atoms with Gasteiger partial charge in [0.05, 0.1) is 6.54 Å². The van der Waals surface area contributed by atoms with Crippen molar-refractivity contribution in [3.8, 4) is 0 Å². The summed E-state index contributed by atoms with van der Waals surface area (Å²) in [7, 11) is 0. The van der Waals surface area contributed by atoms with E-state index in [4.69, 9.17) is 5.11 Å². The molecule has 1 atom stereocenters. The van der Waals surface area contributed by atoms with E-state index in [0.29, 0.717) is 16.8 Å². The molecule has 2 heterocycles. The van der Waals surface area contributed by atoms with Crippen molar-refractivity contribution in [2.24, 2.45) is 0 Å². The first-order chi connectivity index (χ1) is 9.65. The molecule has 0 aromatic carbocycles. The average Bonchev–Trinajstić information content (AvgIpc) is 2.93. The Kier molecular flexibility index (Phi) is 5.66. The van der Waals surface area contributed by atoms with Crippen molar-refractivity contribution in [2.75, 3.05) is 12.3 Å². The molecule has 0 spiro atoms. The van der Waals surface area contributed by atoms with E-state index < -0.39 is 5.97 Å². The molecule has 2 amide bonds. The maximum absolute atomic E-state index is 11.6. The van der Waals surface area contributed by atoms with Crippen LogP contribution in [0.15, 0.2) is 5.38 Å². The number of nitrogens with one attached hydrogen (secondary N) is 2. The Balaban J connectivity index is 1.67. The third-order valence-corrected chi connectivity index (χ3v) is 5.18. The maximum Gasteiger partial charge on any atom is 0.355 e. The molecule has 2 rings (SSSR count). The van der Waals surface area contributed by atoms with Crippen LogP contribution in [0.1, 0.15) is 34.8 Å². The van der Waals surface area contributed by atoms with E-state index in [-0.39, 0.29) is 18.3 Å². The van der Waals surface area contributed by atoms with Crippen LogP contribution in [0, 0.1) is 0 Å². The highest BCUT2D eigenvalue weighted by Crippen LogP contribution is 2.24. The van der Waals surface area contributed by atoms with E-state index in [1.165, 1.54) is 35.3 Å². The van der Waals surface area contributed by atoms with Gasteiger partial charge < -0.3 is 15.7 Å². The molecule has 1 aromatic rings. The standard InChI is InChI=1S/C12H17N3O3S2/c16-11(17)9-7-20-10(15-9)6-14-12(18)13-5-8-3-1-2-4-19-8/h7-8H,1-6H2,(H,16,17)(H2,13,14,18). The number of nitrogens with zero attached hydrogens (tertiary/aromatic N) is 1. The zero-order valence-corrected chi connectivity index (χ0v) is 12.6. The molecule has 20 heavy (non-hydrogen) atoms. The Hall–Kier alpha value is -1.28. The maximum atomic E-state index is 11.6. The quantitative estimate of drug-likeness (QED) is 0.772. The van der Waals surface area contributed by atoms with Gasteiger partial charge in [-0.3, -0.25) is 0 Å². The molecule has 6 nitrogen and oxygen atoms in total. The first-order valence-electron chi connectivity index (χ1n) is 6.46. The number of carboxylic acids is 1. The van der Waals surface area contributed by atoms with Gasteiger partial charge >= 0.3 is 12.0 Å². The van der Waals surface area contributed by atoms with Gasteiger partial charge in [-0.25, -0.2) is 14.6 Å². The van der Waals surface area contributed by atoms with Gasteiger partial charge in [-0.1, -0.05) is 6.42 Å². The van der Waals surface area contributed by atoms with Gasteiger partial charge in [-0.2, -0.15) is 11.8 Å². The van der Waals surface area contributed by atoms with E-state index >= 15 is 0 Å². The molecule has 1 saturated heterocycles. The number of amides is 2. The molecule has 1 unspecified atom stereocenters. The van der Waals surface area contributed by atoms with Crippen molar-refractivity contribution in [3.63, 3.8) is 0 Å². The summed E-state index contributed by atoms with van der Waals surface area (Å²) in [5, 5.41) is 16.8. The number of rotatable bonds is 5. The van der Waals surface area contributed by atoms with Crippen molar-refractivity contribution in [1.82, 2.24) is 15.6 Å². The van der Waals surface area contributed by atoms with Gasteiger partial charge in [0.2, 0.25) is 0 Å². The van der Waals surface area contributed by atoms with Gasteiger partial charge in [0.15, 0.2) is 5.69 Å². The van der Waals surface area contributed by atoms with Crippen LogP contribution in [0.5, 0.6) is 0 Å². The van der Waals surface area contributed by atoms with Crippen LogP contribution in [-0.4, -0.2) is 39.6 Å². The Morgan fingerprint density at radius 1 is 1.40 bits per heavy atom. The number of aromatic nitrogens is 1. The lowest BCUT2D eigenvalue weighted by atomic mass is 10.2. The predicted molar refractivity (Wildman–Crippen MR) is 79.4 cm³/mol. The smallest absolute Gasteiger partial charge is 0.355 e. The average molecular weight is 315 g/mol. The fourth-order valence-corrected chi connectivity index (χ4v) is 3.83. The molecule has 8 heteroatoms. The lowest BCUT2D eigenvalue weighted by Crippen LogP contribution is -2.39. The summed E-state index contributed by atoms with van der Waals surface area (Å²) in [6, 6.07) is -0.233. The van der Waals surface area contributed by atoms with Gasteiger partial charge in [0.25, 0.3) is 0 Å². The van der Waals surface area contributed by atoms with Crippen LogP contribution >= 0.6 is 23.1 Å². The number of thiazole rings is 1. The third kappa shape index (κ3) is 4.68. The van der Waals surface area contributed by atoms with Crippen molar-refractivity contribution >= 4 is 35.1 Å². The lowest BCUT2D eigenvalue weighted by Gasteiger charge is -2.21. The van der Waals surface area contributed by atoms with Crippen LogP contribution in [0.25, 0.3) is 0 Å². The number of thioether (sulfide) groups is 1. The first kappa shape index (κ1) is 15.1. The molecular weight excluding hydrogens is 298 g/mol. The summed E-state index contributed by atoms with van der Waals surface area (Å²) < 4.78 is 0. The van der Waals surface area contributed by atoms with E-state index in [9.17, 15) is 9.59 Å². The molecule has 0 radical (unpaired) electrons. The Bertz CT molecular complexity index is 472. The number of carbonyl (C=O) groups excluding carboxylic acids is 1. The summed E-state index contributed by atoms with van der Waals surface area (Å²) in [4.78, 5) is 26.2. The minimum atomic E-state index is -1.05. The number of carboxylic acid groups (broad SMARTS) is 1. The van der Waals surface area contributed by atoms with Crippen LogP contribution in [0.4, 0.5) is 4.79 Å². The topological polar surface area (TPSA) is 91.3 Å². The summed E-state index contributed by atoms with van der Waals surface area (Å²) in [6.45, 7) is 0.927. The summed E-state index contributed by atoms with van der Waals surface area (Å²) in [5.74, 6) is 0.122. The van der Waals surface area contributed by atoms with E-state index in [2.05, 4.69) is 15.6 Å². The fraction of sp³-hybridized carbons (Fsp3) is 0.583. The van der Waals surface area contributed by atoms with Gasteiger partial charge in [0.1, 0.15) is 5.01 Å². The Labute approximate surface area is 125 Å². The molecule has 1 aromatic heterocycles. The Morgan fingerprint density at radius 3 is 2.90 bits per heavy atom. The molecule has 0 saturated carbocycles. The van der Waals surface area contributed by atoms with Crippen molar-refractivity contribution < 1.29 is 14.7 Å². The van der Waals surface area contributed by atoms with Gasteiger partial charge in [-0.05, 0) is 18.6 Å². The predicted octanol–water partition coefficient (Wildman–Crippen LogP) is 1.93. The molecule has 3 N–H and O–H groups in total. The normalized spacial score (nSPS) is 18.5. The van der Waals surface area contributed by atoms with E-state index in [1.807, 2.05) is 11.8 Å². The zero-order valence-electron chi connectivity index (χ0n) is 10.9. The van der Waals surface area contributed by atoms with Crippen molar-refractivity contribution in [3.05, 3.63) is 16.1 Å². The van der Waals surface area contributed by atoms with Crippen LogP contribution in [0.2, 0.25) is 0 Å². The fourth-order valence-electron chi connectivity index (χ4n) is 1.88. The summed E-state index contributed by atoms with van der Waals surface area (Å²) in [6.07, 6.45) is 3.65. The number of urea groups is 1. The highest BCUT2D eigenvalue weighted by molar-refractivity contribution is 7.99. The lowest BCUT2D eigenvalue weighted by molar-refractivity contribution is 0.0691. The molecule has 0 bridgehead atoms. The van der Waals surface area contributed by atoms with E-state index in [1.54, 1.807) is 0 Å². The van der Waals surface area contributed by atoms with Crippen molar-refractivity contribution in [1.29, 1.82) is 0 Å². The minimum absolute atomic E-state index is 0.0193. The van der Waals surface area contributed by atoms with Gasteiger partial charge in [-0.15, -0.1) is 11.3 Å². The highest BCUT2D eigenvalue weighted by Gasteiger charge is 2.15. The molecule has 0 aliphatic carbocycles. The summed E-state index contributed by atoms with van der Waals surface area (Å²) in [5.41, 5.74) is 0.0193. The third-order valence-electron chi connectivity index (χ3n) is 2.94. The zero-order chi connectivity index (χ0) is 14.4. The largest absolute Gasteiger partial charge is 0.476 e. The first-order valence-corrected chi connectivity index (χ1v) is 8.39. The second-order valence-corrected chi connectivity index (χ2v) is 6.83. The monoisotopic (exact) mass is 315 g/mol. The van der Waals surface area contributed by atoms with Crippen LogP contribution in [-0.2, 0) is 6.54 Å². The molecule has 1 fully saturated rings. The number of aromatic carboxylic acids is 1. The second kappa shape index (κ2) is 7.49. The molecular formula is C12H17N3O3S2. The molecule has 110 valence electrons. The Morgan fingerprint density at radius 2 is 2.25 bits per heavy atom. The highest BCUT2D eigenvalue weighted by atomic mass is 32.2. The van der Waals surface area contributed by atoms with Gasteiger partial charge in [0, 0.05) is 17.2 Å². The SMILES string of the molecule is O=C(NCc1nc(C(=O)O)cs1)NCC1CCCCS1. The van der Waals surface area contributed by atoms with Crippen LogP contribution in [0.3, 0.4) is 0 Å². The molecule has 1 aliphatic rings.